The van der Waals surface area contributed by atoms with Crippen LogP contribution in [-0.2, 0) is 11.3 Å². The van der Waals surface area contributed by atoms with Crippen molar-refractivity contribution in [3.8, 4) is 0 Å². The third kappa shape index (κ3) is 3.23. The van der Waals surface area contributed by atoms with Gasteiger partial charge in [-0.2, -0.15) is 0 Å². The molecule has 0 aliphatic rings. The van der Waals surface area contributed by atoms with Crippen molar-refractivity contribution in [1.82, 2.24) is 5.32 Å². The highest BCUT2D eigenvalue weighted by Crippen LogP contribution is 2.19. The largest absolute Gasteiger partial charge is 0.467 e. The number of hydrogen-bond donors (Lipinski definition) is 2. The minimum absolute atomic E-state index is 0.272. The second kappa shape index (κ2) is 5.71. The van der Waals surface area contributed by atoms with Gasteiger partial charge < -0.3 is 14.8 Å². The Morgan fingerprint density at radius 3 is 2.79 bits per heavy atom. The zero-order valence-electron chi connectivity index (χ0n) is 11.0. The van der Waals surface area contributed by atoms with E-state index in [-0.39, 0.29) is 6.54 Å². The summed E-state index contributed by atoms with van der Waals surface area (Å²) in [7, 11) is 0. The van der Waals surface area contributed by atoms with Crippen molar-refractivity contribution in [1.29, 1.82) is 0 Å². The van der Waals surface area contributed by atoms with Gasteiger partial charge in [-0.25, -0.2) is 0 Å². The minimum atomic E-state index is -1.16. The van der Waals surface area contributed by atoms with E-state index in [0.717, 1.165) is 11.1 Å². The molecular formula is C15H17NO3. The highest BCUT2D eigenvalue weighted by atomic mass is 16.3. The van der Waals surface area contributed by atoms with E-state index >= 15 is 0 Å². The summed E-state index contributed by atoms with van der Waals surface area (Å²) in [5, 5.41) is 12.7. The second-order valence-electron chi connectivity index (χ2n) is 4.56. The molecule has 4 heteroatoms. The fourth-order valence-electron chi connectivity index (χ4n) is 1.96. The van der Waals surface area contributed by atoms with Crippen LogP contribution in [-0.4, -0.2) is 11.0 Å². The molecule has 1 amide bonds. The molecular weight excluding hydrogens is 242 g/mol. The van der Waals surface area contributed by atoms with Crippen molar-refractivity contribution in [2.45, 2.75) is 26.5 Å². The highest BCUT2D eigenvalue weighted by Gasteiger charge is 2.19. The molecule has 0 saturated heterocycles. The number of carbonyl (C=O) groups is 1. The Balaban J connectivity index is 2.02. The van der Waals surface area contributed by atoms with Crippen LogP contribution in [0.5, 0.6) is 0 Å². The molecule has 100 valence electrons. The number of amides is 1. The van der Waals surface area contributed by atoms with Gasteiger partial charge in [-0.05, 0) is 37.1 Å². The molecule has 0 spiro atoms. The molecule has 0 fully saturated rings. The van der Waals surface area contributed by atoms with Crippen LogP contribution in [0.4, 0.5) is 0 Å². The molecule has 0 bridgehead atoms. The van der Waals surface area contributed by atoms with Gasteiger partial charge in [-0.15, -0.1) is 0 Å². The number of carbonyl (C=O) groups excluding carboxylic acids is 1. The van der Waals surface area contributed by atoms with Crippen molar-refractivity contribution >= 4 is 5.91 Å². The van der Waals surface area contributed by atoms with Crippen LogP contribution < -0.4 is 5.32 Å². The number of nitrogens with one attached hydrogen (secondary N) is 1. The zero-order chi connectivity index (χ0) is 13.8. The summed E-state index contributed by atoms with van der Waals surface area (Å²) in [6.45, 7) is 4.12. The van der Waals surface area contributed by atoms with Crippen LogP contribution in [0.25, 0.3) is 0 Å². The molecule has 1 heterocycles. The topological polar surface area (TPSA) is 62.5 Å². The van der Waals surface area contributed by atoms with Gasteiger partial charge in [0, 0.05) is 0 Å². The van der Waals surface area contributed by atoms with Crippen molar-refractivity contribution in [3.63, 3.8) is 0 Å². The number of benzene rings is 1. The molecule has 0 saturated carbocycles. The number of aliphatic hydroxyl groups is 1. The predicted molar refractivity (Wildman–Crippen MR) is 71.4 cm³/mol. The smallest absolute Gasteiger partial charge is 0.253 e. The quantitative estimate of drug-likeness (QED) is 0.885. The van der Waals surface area contributed by atoms with Crippen LogP contribution in [0, 0.1) is 13.8 Å². The Labute approximate surface area is 112 Å². The summed E-state index contributed by atoms with van der Waals surface area (Å²) in [5.74, 6) is 0.226. The maximum atomic E-state index is 11.9. The lowest BCUT2D eigenvalue weighted by Gasteiger charge is -2.14. The Bertz CT molecular complexity index is 561. The van der Waals surface area contributed by atoms with Gasteiger partial charge in [0.1, 0.15) is 5.76 Å². The van der Waals surface area contributed by atoms with Crippen molar-refractivity contribution < 1.29 is 14.3 Å². The van der Waals surface area contributed by atoms with E-state index < -0.39 is 12.0 Å². The van der Waals surface area contributed by atoms with Gasteiger partial charge in [0.25, 0.3) is 5.91 Å². The third-order valence-electron chi connectivity index (χ3n) is 2.99. The molecule has 1 aromatic carbocycles. The molecule has 0 aliphatic heterocycles. The third-order valence-corrected chi connectivity index (χ3v) is 2.99. The number of aryl methyl sites for hydroxylation is 2. The molecule has 0 aliphatic carbocycles. The molecule has 2 rings (SSSR count). The Morgan fingerprint density at radius 1 is 1.37 bits per heavy atom. The number of aliphatic hydroxyl groups excluding tert-OH is 1. The first-order chi connectivity index (χ1) is 9.08. The van der Waals surface area contributed by atoms with E-state index in [1.807, 2.05) is 26.0 Å². The number of rotatable bonds is 4. The summed E-state index contributed by atoms with van der Waals surface area (Å²) in [4.78, 5) is 11.9. The van der Waals surface area contributed by atoms with E-state index in [1.54, 1.807) is 24.5 Å². The standard InChI is InChI=1S/C15H17NO3/c1-10-5-6-13(11(2)8-10)14(17)15(18)16-9-12-4-3-7-19-12/h3-8,14,17H,9H2,1-2H3,(H,16,18). The highest BCUT2D eigenvalue weighted by molar-refractivity contribution is 5.82. The first kappa shape index (κ1) is 13.4. The van der Waals surface area contributed by atoms with Gasteiger partial charge in [0.15, 0.2) is 6.10 Å². The Morgan fingerprint density at radius 2 is 2.16 bits per heavy atom. The van der Waals surface area contributed by atoms with E-state index in [9.17, 15) is 9.90 Å². The minimum Gasteiger partial charge on any atom is -0.467 e. The molecule has 1 unspecified atom stereocenters. The van der Waals surface area contributed by atoms with Crippen LogP contribution >= 0.6 is 0 Å². The van der Waals surface area contributed by atoms with E-state index in [4.69, 9.17) is 4.42 Å². The normalized spacial score (nSPS) is 12.2. The Hall–Kier alpha value is -2.07. The molecule has 0 radical (unpaired) electrons. The van der Waals surface area contributed by atoms with E-state index in [1.165, 1.54) is 0 Å². The van der Waals surface area contributed by atoms with Crippen molar-refractivity contribution in [3.05, 3.63) is 59.0 Å². The molecule has 2 aromatic rings. The lowest BCUT2D eigenvalue weighted by Crippen LogP contribution is -2.29. The first-order valence-corrected chi connectivity index (χ1v) is 6.13. The van der Waals surface area contributed by atoms with Crippen LogP contribution in [0.3, 0.4) is 0 Å². The molecule has 19 heavy (non-hydrogen) atoms. The van der Waals surface area contributed by atoms with Gasteiger partial charge in [0.05, 0.1) is 12.8 Å². The fourth-order valence-corrected chi connectivity index (χ4v) is 1.96. The average molecular weight is 259 g/mol. The summed E-state index contributed by atoms with van der Waals surface area (Å²) in [5.41, 5.74) is 2.63. The SMILES string of the molecule is Cc1ccc(C(O)C(=O)NCc2ccco2)c(C)c1. The lowest BCUT2D eigenvalue weighted by atomic mass is 10.0. The van der Waals surface area contributed by atoms with Gasteiger partial charge >= 0.3 is 0 Å². The first-order valence-electron chi connectivity index (χ1n) is 6.13. The molecule has 2 N–H and O–H groups in total. The summed E-state index contributed by atoms with van der Waals surface area (Å²) in [6, 6.07) is 9.12. The van der Waals surface area contributed by atoms with E-state index in [2.05, 4.69) is 5.32 Å². The monoisotopic (exact) mass is 259 g/mol. The van der Waals surface area contributed by atoms with Crippen LogP contribution in [0.2, 0.25) is 0 Å². The molecule has 1 atom stereocenters. The van der Waals surface area contributed by atoms with E-state index in [0.29, 0.717) is 11.3 Å². The zero-order valence-corrected chi connectivity index (χ0v) is 11.0. The van der Waals surface area contributed by atoms with Gasteiger partial charge in [0.2, 0.25) is 0 Å². The fraction of sp³-hybridized carbons (Fsp3) is 0.267. The maximum Gasteiger partial charge on any atom is 0.253 e. The maximum absolute atomic E-state index is 11.9. The predicted octanol–water partition coefficient (Wildman–Crippen LogP) is 2.25. The second-order valence-corrected chi connectivity index (χ2v) is 4.56. The van der Waals surface area contributed by atoms with Crippen molar-refractivity contribution in [2.24, 2.45) is 0 Å². The van der Waals surface area contributed by atoms with Gasteiger partial charge in [-0.3, -0.25) is 4.79 Å². The molecule has 1 aromatic heterocycles. The Kier molecular flexibility index (Phi) is 4.02. The summed E-state index contributed by atoms with van der Waals surface area (Å²) >= 11 is 0. The average Bonchev–Trinajstić information content (AvgIpc) is 2.88. The number of furan rings is 1. The lowest BCUT2D eigenvalue weighted by molar-refractivity contribution is -0.129. The summed E-state index contributed by atoms with van der Waals surface area (Å²) in [6.07, 6.45) is 0.387. The van der Waals surface area contributed by atoms with Crippen LogP contribution in [0.1, 0.15) is 28.6 Å². The number of hydrogen-bond acceptors (Lipinski definition) is 3. The van der Waals surface area contributed by atoms with Crippen LogP contribution in [0.15, 0.2) is 41.0 Å². The van der Waals surface area contributed by atoms with Gasteiger partial charge in [-0.1, -0.05) is 23.8 Å². The summed E-state index contributed by atoms with van der Waals surface area (Å²) < 4.78 is 5.11. The van der Waals surface area contributed by atoms with Crippen molar-refractivity contribution in [2.75, 3.05) is 0 Å². The molecule has 4 nitrogen and oxygen atoms in total.